The summed E-state index contributed by atoms with van der Waals surface area (Å²) in [6, 6.07) is 0.751. The van der Waals surface area contributed by atoms with Crippen LogP contribution in [0.25, 0.3) is 0 Å². The van der Waals surface area contributed by atoms with E-state index in [-0.39, 0.29) is 0 Å². The fourth-order valence-electron chi connectivity index (χ4n) is 3.57. The molecule has 0 unspecified atom stereocenters. The zero-order valence-electron chi connectivity index (χ0n) is 12.1. The molecule has 21 heavy (non-hydrogen) atoms. The highest BCUT2D eigenvalue weighted by Crippen LogP contribution is 2.35. The van der Waals surface area contributed by atoms with Gasteiger partial charge in [0.1, 0.15) is 0 Å². The Bertz CT molecular complexity index is 568. The molecule has 0 bridgehead atoms. The van der Waals surface area contributed by atoms with E-state index in [4.69, 9.17) is 4.52 Å². The normalized spacial score (nSPS) is 26.1. The van der Waals surface area contributed by atoms with Crippen LogP contribution in [0.3, 0.4) is 0 Å². The molecular weight excluding hydrogens is 284 g/mol. The van der Waals surface area contributed by atoms with E-state index in [1.807, 2.05) is 5.51 Å². The molecule has 0 aromatic carbocycles. The van der Waals surface area contributed by atoms with Gasteiger partial charge >= 0.3 is 0 Å². The molecule has 2 fully saturated rings. The maximum Gasteiger partial charge on any atom is 0.227 e. The third-order valence-electron chi connectivity index (χ3n) is 4.69. The summed E-state index contributed by atoms with van der Waals surface area (Å²) >= 11 is 1.63. The van der Waals surface area contributed by atoms with Gasteiger partial charge in [0.15, 0.2) is 5.82 Å². The smallest absolute Gasteiger partial charge is 0.227 e. The van der Waals surface area contributed by atoms with E-state index in [0.29, 0.717) is 5.92 Å². The van der Waals surface area contributed by atoms with E-state index in [0.717, 1.165) is 42.8 Å². The predicted octanol–water partition coefficient (Wildman–Crippen LogP) is 2.65. The fourth-order valence-corrected chi connectivity index (χ4v) is 4.16. The molecule has 5 nitrogen and oxygen atoms in total. The van der Waals surface area contributed by atoms with Gasteiger partial charge < -0.3 is 4.52 Å². The van der Waals surface area contributed by atoms with Crippen LogP contribution in [0.1, 0.15) is 49.0 Å². The Hall–Kier alpha value is -1.27. The molecule has 0 amide bonds. The minimum Gasteiger partial charge on any atom is -0.339 e. The maximum atomic E-state index is 5.42. The lowest BCUT2D eigenvalue weighted by atomic mass is 9.99. The molecule has 0 saturated carbocycles. The number of piperidine rings is 1. The summed E-state index contributed by atoms with van der Waals surface area (Å²) in [5, 5.41) is 6.30. The maximum absolute atomic E-state index is 5.42. The van der Waals surface area contributed by atoms with Crippen LogP contribution in [-0.2, 0) is 12.8 Å². The van der Waals surface area contributed by atoms with E-state index in [9.17, 15) is 0 Å². The Morgan fingerprint density at radius 3 is 3.19 bits per heavy atom. The number of thiazole rings is 1. The van der Waals surface area contributed by atoms with E-state index in [2.05, 4.69) is 25.4 Å². The van der Waals surface area contributed by atoms with Crippen LogP contribution in [0, 0.1) is 0 Å². The molecule has 0 N–H and O–H groups in total. The Labute approximate surface area is 128 Å². The van der Waals surface area contributed by atoms with Crippen molar-refractivity contribution in [2.75, 3.05) is 13.1 Å². The molecule has 2 aliphatic heterocycles. The monoisotopic (exact) mass is 304 g/mol. The van der Waals surface area contributed by atoms with Gasteiger partial charge in [-0.2, -0.15) is 4.98 Å². The lowest BCUT2D eigenvalue weighted by Crippen LogP contribution is -2.33. The van der Waals surface area contributed by atoms with E-state index in [1.54, 1.807) is 11.3 Å². The first kappa shape index (κ1) is 13.4. The Morgan fingerprint density at radius 1 is 1.33 bits per heavy atom. The summed E-state index contributed by atoms with van der Waals surface area (Å²) < 4.78 is 5.42. The van der Waals surface area contributed by atoms with Crippen LogP contribution in [0.5, 0.6) is 0 Å². The van der Waals surface area contributed by atoms with Gasteiger partial charge in [-0.1, -0.05) is 11.6 Å². The average molecular weight is 304 g/mol. The molecule has 112 valence electrons. The van der Waals surface area contributed by atoms with Crippen molar-refractivity contribution >= 4 is 11.3 Å². The number of hydrogen-bond donors (Lipinski definition) is 0. The van der Waals surface area contributed by atoms with Crippen molar-refractivity contribution in [2.24, 2.45) is 0 Å². The first-order chi connectivity index (χ1) is 10.4. The number of rotatable bonds is 4. The van der Waals surface area contributed by atoms with Gasteiger partial charge in [-0.15, -0.1) is 11.3 Å². The molecule has 2 atom stereocenters. The Morgan fingerprint density at radius 2 is 2.33 bits per heavy atom. The highest BCUT2D eigenvalue weighted by molar-refractivity contribution is 7.07. The number of nitrogens with zero attached hydrogens (tertiary/aromatic N) is 4. The van der Waals surface area contributed by atoms with Crippen molar-refractivity contribution < 1.29 is 4.52 Å². The zero-order chi connectivity index (χ0) is 14.1. The van der Waals surface area contributed by atoms with Gasteiger partial charge in [-0.3, -0.25) is 4.90 Å². The number of aromatic nitrogens is 3. The molecule has 2 aromatic heterocycles. The standard InChI is InChI=1S/C15H20N4OS/c1-2-6-19-8-11(7-13(19)3-1)15-17-14(20-18-15)5-4-12-9-21-10-16-12/h9-11,13H,1-8H2/t11-,13+/m0/s1. The van der Waals surface area contributed by atoms with Crippen molar-refractivity contribution in [2.45, 2.75) is 50.5 Å². The molecule has 2 aliphatic rings. The molecule has 0 spiro atoms. The molecule has 0 radical (unpaired) electrons. The van der Waals surface area contributed by atoms with Crippen LogP contribution in [0.15, 0.2) is 15.4 Å². The van der Waals surface area contributed by atoms with Crippen LogP contribution in [0.2, 0.25) is 0 Å². The van der Waals surface area contributed by atoms with Gasteiger partial charge in [0.25, 0.3) is 0 Å². The molecule has 4 rings (SSSR count). The summed E-state index contributed by atoms with van der Waals surface area (Å²) in [6.07, 6.45) is 6.92. The summed E-state index contributed by atoms with van der Waals surface area (Å²) in [4.78, 5) is 11.5. The number of hydrogen-bond acceptors (Lipinski definition) is 6. The molecular formula is C15H20N4OS. The first-order valence-corrected chi connectivity index (χ1v) is 8.76. The van der Waals surface area contributed by atoms with Gasteiger partial charge in [0.05, 0.1) is 11.2 Å². The number of fused-ring (bicyclic) bond motifs is 1. The largest absolute Gasteiger partial charge is 0.339 e. The highest BCUT2D eigenvalue weighted by atomic mass is 32.1. The third kappa shape index (κ3) is 2.87. The van der Waals surface area contributed by atoms with Crippen molar-refractivity contribution in [3.8, 4) is 0 Å². The van der Waals surface area contributed by atoms with Gasteiger partial charge in [0.2, 0.25) is 5.89 Å². The molecule has 4 heterocycles. The average Bonchev–Trinajstić information content (AvgIpc) is 3.24. The lowest BCUT2D eigenvalue weighted by Gasteiger charge is -2.28. The molecule has 0 aliphatic carbocycles. The molecule has 2 saturated heterocycles. The second-order valence-corrected chi connectivity index (χ2v) is 6.82. The van der Waals surface area contributed by atoms with Gasteiger partial charge in [-0.05, 0) is 32.2 Å². The topological polar surface area (TPSA) is 55.1 Å². The van der Waals surface area contributed by atoms with Crippen LogP contribution >= 0.6 is 11.3 Å². The molecule has 2 aromatic rings. The second-order valence-electron chi connectivity index (χ2n) is 6.10. The lowest BCUT2D eigenvalue weighted by molar-refractivity contribution is 0.197. The van der Waals surface area contributed by atoms with Crippen molar-refractivity contribution in [1.29, 1.82) is 0 Å². The summed E-state index contributed by atoms with van der Waals surface area (Å²) in [5.41, 5.74) is 2.97. The van der Waals surface area contributed by atoms with Crippen LogP contribution < -0.4 is 0 Å². The molecule has 6 heteroatoms. The van der Waals surface area contributed by atoms with E-state index < -0.39 is 0 Å². The highest BCUT2D eigenvalue weighted by Gasteiger charge is 2.36. The Balaban J connectivity index is 1.38. The van der Waals surface area contributed by atoms with Crippen molar-refractivity contribution in [1.82, 2.24) is 20.0 Å². The minimum atomic E-state index is 0.463. The summed E-state index contributed by atoms with van der Waals surface area (Å²) in [5.74, 6) is 2.13. The van der Waals surface area contributed by atoms with Crippen molar-refractivity contribution in [3.05, 3.63) is 28.3 Å². The van der Waals surface area contributed by atoms with Crippen LogP contribution in [0.4, 0.5) is 0 Å². The predicted molar refractivity (Wildman–Crippen MR) is 80.4 cm³/mol. The van der Waals surface area contributed by atoms with Crippen LogP contribution in [-0.4, -0.2) is 39.2 Å². The summed E-state index contributed by atoms with van der Waals surface area (Å²) in [6.45, 7) is 2.35. The second kappa shape index (κ2) is 5.85. The number of aryl methyl sites for hydroxylation is 2. The quantitative estimate of drug-likeness (QED) is 0.869. The SMILES string of the molecule is c1nc(CCc2nc([C@H]3C[C@H]4CCCCN4C3)no2)cs1. The zero-order valence-corrected chi connectivity index (χ0v) is 12.9. The summed E-state index contributed by atoms with van der Waals surface area (Å²) in [7, 11) is 0. The first-order valence-electron chi connectivity index (χ1n) is 7.82. The van der Waals surface area contributed by atoms with E-state index in [1.165, 1.54) is 32.2 Å². The van der Waals surface area contributed by atoms with Crippen molar-refractivity contribution in [3.63, 3.8) is 0 Å². The Kier molecular flexibility index (Phi) is 3.73. The van der Waals surface area contributed by atoms with Gasteiger partial charge in [0, 0.05) is 30.3 Å². The minimum absolute atomic E-state index is 0.463. The fraction of sp³-hybridized carbons (Fsp3) is 0.667. The van der Waals surface area contributed by atoms with E-state index >= 15 is 0 Å². The third-order valence-corrected chi connectivity index (χ3v) is 5.32. The van der Waals surface area contributed by atoms with Gasteiger partial charge in [-0.25, -0.2) is 4.98 Å².